The number of carboxylic acids is 1. The highest BCUT2D eigenvalue weighted by Crippen LogP contribution is 2.13. The van der Waals surface area contributed by atoms with Crippen LogP contribution in [0.1, 0.15) is 162 Å². The Hall–Kier alpha value is -2.45. The van der Waals surface area contributed by atoms with E-state index in [1.807, 2.05) is 33.3 Å². The van der Waals surface area contributed by atoms with Crippen LogP contribution in [0.25, 0.3) is 0 Å². The zero-order chi connectivity index (χ0) is 37.1. The van der Waals surface area contributed by atoms with Crippen LogP contribution < -0.4 is 0 Å². The normalized spacial score (nSPS) is 13.4. The summed E-state index contributed by atoms with van der Waals surface area (Å²) in [6, 6.07) is -0.620. The topological polar surface area (TPSA) is 99.1 Å². The molecule has 0 heterocycles. The molecule has 0 aliphatic rings. The fourth-order valence-electron chi connectivity index (χ4n) is 5.67. The molecule has 2 atom stereocenters. The van der Waals surface area contributed by atoms with E-state index in [0.29, 0.717) is 19.3 Å². The lowest BCUT2D eigenvalue weighted by Crippen LogP contribution is -2.50. The SMILES string of the molecule is CC/C=C/C/C=C/CCC(=O)OCC(COCCC(C(=O)O)[N+](C)(C)C)OC(=O)CCCCCCCCC/C=C/CCCCCCCCCC. The minimum Gasteiger partial charge on any atom is -0.477 e. The Labute approximate surface area is 306 Å². The van der Waals surface area contributed by atoms with Crippen LogP contribution in [-0.4, -0.2) is 80.6 Å². The molecule has 0 amide bonds. The third-order valence-electron chi connectivity index (χ3n) is 8.79. The summed E-state index contributed by atoms with van der Waals surface area (Å²) >= 11 is 0. The van der Waals surface area contributed by atoms with Crippen molar-refractivity contribution in [2.45, 2.75) is 174 Å². The predicted molar refractivity (Wildman–Crippen MR) is 206 cm³/mol. The Morgan fingerprint density at radius 3 is 1.72 bits per heavy atom. The summed E-state index contributed by atoms with van der Waals surface area (Å²) in [6.45, 7) is 4.51. The molecular formula is C42H76NO7+. The van der Waals surface area contributed by atoms with Crippen LogP contribution >= 0.6 is 0 Å². The molecular weight excluding hydrogens is 630 g/mol. The fraction of sp³-hybridized carbons (Fsp3) is 0.786. The maximum Gasteiger partial charge on any atom is 0.362 e. The Morgan fingerprint density at radius 1 is 0.620 bits per heavy atom. The van der Waals surface area contributed by atoms with Gasteiger partial charge in [0.15, 0.2) is 12.1 Å². The first-order valence-electron chi connectivity index (χ1n) is 20.0. The van der Waals surface area contributed by atoms with Crippen molar-refractivity contribution in [2.75, 3.05) is 41.0 Å². The highest BCUT2D eigenvalue weighted by Gasteiger charge is 2.31. The zero-order valence-corrected chi connectivity index (χ0v) is 32.8. The average molecular weight is 707 g/mol. The van der Waals surface area contributed by atoms with Gasteiger partial charge in [0.05, 0.1) is 34.4 Å². The standard InChI is InChI=1S/C42H75NO7/c1-6-8-10-12-14-15-16-17-18-19-20-21-22-23-24-25-27-29-31-33-41(45)50-38(36-48-35-34-39(42(46)47)43(3,4)5)37-49-40(44)32-30-28-26-13-11-9-7-2/h9,11,19-20,26,28,38-39H,6-8,10,12-18,21-25,27,29-37H2,1-5H3/p+1/b11-9+,20-19+,28-26+. The number of aliphatic carboxylic acids is 1. The highest BCUT2D eigenvalue weighted by molar-refractivity contribution is 5.72. The lowest BCUT2D eigenvalue weighted by Gasteiger charge is -2.31. The Kier molecular flexibility index (Phi) is 32.0. The molecule has 0 aliphatic heterocycles. The molecule has 0 radical (unpaired) electrons. The van der Waals surface area contributed by atoms with Crippen molar-refractivity contribution in [3.63, 3.8) is 0 Å². The number of quaternary nitrogens is 1. The number of carboxylic acid groups (broad SMARTS) is 1. The summed E-state index contributed by atoms with van der Waals surface area (Å²) in [4.78, 5) is 36.6. The van der Waals surface area contributed by atoms with Gasteiger partial charge in [-0.2, -0.15) is 0 Å². The van der Waals surface area contributed by atoms with Crippen molar-refractivity contribution < 1.29 is 38.2 Å². The van der Waals surface area contributed by atoms with Crippen molar-refractivity contribution in [1.82, 2.24) is 0 Å². The van der Waals surface area contributed by atoms with E-state index in [1.165, 1.54) is 89.9 Å². The number of nitrogens with zero attached hydrogens (tertiary/aromatic N) is 1. The third-order valence-corrected chi connectivity index (χ3v) is 8.79. The van der Waals surface area contributed by atoms with E-state index < -0.39 is 18.1 Å². The first-order valence-corrected chi connectivity index (χ1v) is 20.0. The van der Waals surface area contributed by atoms with Gasteiger partial charge >= 0.3 is 17.9 Å². The molecule has 0 aromatic carbocycles. The van der Waals surface area contributed by atoms with Crippen molar-refractivity contribution in [3.05, 3.63) is 36.5 Å². The van der Waals surface area contributed by atoms with Crippen LogP contribution in [0.15, 0.2) is 36.5 Å². The van der Waals surface area contributed by atoms with E-state index in [1.54, 1.807) is 0 Å². The first-order chi connectivity index (χ1) is 24.1. The Balaban J connectivity index is 4.30. The summed E-state index contributed by atoms with van der Waals surface area (Å²) in [5, 5.41) is 9.57. The number of carbonyl (C=O) groups is 3. The van der Waals surface area contributed by atoms with E-state index in [0.717, 1.165) is 32.1 Å². The zero-order valence-electron chi connectivity index (χ0n) is 32.8. The molecule has 1 N–H and O–H groups in total. The molecule has 0 spiro atoms. The number of hydrogen-bond donors (Lipinski definition) is 1. The quantitative estimate of drug-likeness (QED) is 0.0303. The van der Waals surface area contributed by atoms with Gasteiger partial charge in [0.1, 0.15) is 6.61 Å². The highest BCUT2D eigenvalue weighted by atomic mass is 16.6. The molecule has 0 saturated heterocycles. The van der Waals surface area contributed by atoms with Crippen LogP contribution in [0.5, 0.6) is 0 Å². The number of unbranched alkanes of at least 4 members (excludes halogenated alkanes) is 15. The van der Waals surface area contributed by atoms with Gasteiger partial charge in [-0.15, -0.1) is 0 Å². The maximum absolute atomic E-state index is 12.6. The minimum absolute atomic E-state index is 0.0422. The van der Waals surface area contributed by atoms with Crippen molar-refractivity contribution >= 4 is 17.9 Å². The second-order valence-corrected chi connectivity index (χ2v) is 14.5. The first kappa shape index (κ1) is 47.5. The van der Waals surface area contributed by atoms with Crippen molar-refractivity contribution in [1.29, 1.82) is 0 Å². The fourth-order valence-corrected chi connectivity index (χ4v) is 5.67. The summed E-state index contributed by atoms with van der Waals surface area (Å²) in [7, 11) is 5.49. The predicted octanol–water partition coefficient (Wildman–Crippen LogP) is 10.3. The number of esters is 2. The molecule has 0 fully saturated rings. The molecule has 8 heteroatoms. The van der Waals surface area contributed by atoms with Gasteiger partial charge in [-0.25, -0.2) is 4.79 Å². The summed E-state index contributed by atoms with van der Waals surface area (Å²) in [5.41, 5.74) is 0. The molecule has 0 saturated carbocycles. The van der Waals surface area contributed by atoms with E-state index in [4.69, 9.17) is 14.2 Å². The summed E-state index contributed by atoms with van der Waals surface area (Å²) in [5.74, 6) is -1.57. The van der Waals surface area contributed by atoms with E-state index >= 15 is 0 Å². The Bertz CT molecular complexity index is 922. The molecule has 0 aromatic heterocycles. The second kappa shape index (κ2) is 33.7. The monoisotopic (exact) mass is 707 g/mol. The largest absolute Gasteiger partial charge is 0.477 e. The van der Waals surface area contributed by atoms with Gasteiger partial charge in [0.2, 0.25) is 0 Å². The molecule has 0 bridgehead atoms. The van der Waals surface area contributed by atoms with E-state index in [-0.39, 0.29) is 42.7 Å². The molecule has 0 aromatic rings. The smallest absolute Gasteiger partial charge is 0.362 e. The third kappa shape index (κ3) is 31.5. The van der Waals surface area contributed by atoms with Crippen LogP contribution in [0, 0.1) is 0 Å². The summed E-state index contributed by atoms with van der Waals surface area (Å²) in [6.07, 6.45) is 36.6. The molecule has 2 unspecified atom stereocenters. The lowest BCUT2D eigenvalue weighted by atomic mass is 10.1. The van der Waals surface area contributed by atoms with E-state index in [9.17, 15) is 19.5 Å². The summed E-state index contributed by atoms with van der Waals surface area (Å²) < 4.78 is 17.1. The molecule has 8 nitrogen and oxygen atoms in total. The van der Waals surface area contributed by atoms with E-state index in [2.05, 4.69) is 38.2 Å². The number of carbonyl (C=O) groups excluding carboxylic acids is 2. The molecule has 50 heavy (non-hydrogen) atoms. The second-order valence-electron chi connectivity index (χ2n) is 14.5. The molecule has 0 aliphatic carbocycles. The number of ether oxygens (including phenoxy) is 3. The van der Waals surface area contributed by atoms with Crippen molar-refractivity contribution in [3.8, 4) is 0 Å². The van der Waals surface area contributed by atoms with Gasteiger partial charge in [-0.1, -0.05) is 127 Å². The van der Waals surface area contributed by atoms with Crippen LogP contribution in [0.4, 0.5) is 0 Å². The number of allylic oxidation sites excluding steroid dienone is 6. The minimum atomic E-state index is -0.884. The van der Waals surface area contributed by atoms with Crippen molar-refractivity contribution in [2.24, 2.45) is 0 Å². The molecule has 290 valence electrons. The average Bonchev–Trinajstić information content (AvgIpc) is 3.06. The van der Waals surface area contributed by atoms with Gasteiger partial charge in [0, 0.05) is 19.3 Å². The maximum atomic E-state index is 12.6. The van der Waals surface area contributed by atoms with Gasteiger partial charge in [-0.3, -0.25) is 9.59 Å². The number of rotatable bonds is 35. The van der Waals surface area contributed by atoms with Crippen LogP contribution in [0.3, 0.4) is 0 Å². The van der Waals surface area contributed by atoms with Crippen LogP contribution in [-0.2, 0) is 28.6 Å². The van der Waals surface area contributed by atoms with Gasteiger partial charge < -0.3 is 23.8 Å². The number of likely N-dealkylation sites (N-methyl/N-ethyl adjacent to an activating group) is 1. The molecule has 0 rings (SSSR count). The lowest BCUT2D eigenvalue weighted by molar-refractivity contribution is -0.887. The van der Waals surface area contributed by atoms with Gasteiger partial charge in [0.25, 0.3) is 0 Å². The van der Waals surface area contributed by atoms with Gasteiger partial charge in [-0.05, 0) is 51.4 Å². The van der Waals surface area contributed by atoms with Crippen LogP contribution in [0.2, 0.25) is 0 Å². The number of hydrogen-bond acceptors (Lipinski definition) is 6. The Morgan fingerprint density at radius 2 is 1.16 bits per heavy atom.